The number of halogens is 3. The summed E-state index contributed by atoms with van der Waals surface area (Å²) >= 11 is 0. The molecule has 0 saturated heterocycles. The van der Waals surface area contributed by atoms with E-state index in [9.17, 15) is 18.0 Å². The molecule has 2 rings (SSSR count). The number of amides is 1. The molecule has 1 heterocycles. The molecule has 0 aliphatic carbocycles. The normalized spacial score (nSPS) is 12.5. The van der Waals surface area contributed by atoms with Gasteiger partial charge >= 0.3 is 6.18 Å². The zero-order chi connectivity index (χ0) is 17.6. The Morgan fingerprint density at radius 1 is 1.21 bits per heavy atom. The third kappa shape index (κ3) is 5.88. The van der Waals surface area contributed by atoms with E-state index in [2.05, 4.69) is 15.0 Å². The summed E-state index contributed by atoms with van der Waals surface area (Å²) in [4.78, 5) is 15.7. The average Bonchev–Trinajstić information content (AvgIpc) is 2.54. The van der Waals surface area contributed by atoms with Crippen LogP contribution in [0.3, 0.4) is 0 Å². The van der Waals surface area contributed by atoms with Crippen LogP contribution in [0.5, 0.6) is 5.88 Å². The summed E-state index contributed by atoms with van der Waals surface area (Å²) in [5.74, 6) is -0.594. The van der Waals surface area contributed by atoms with Crippen molar-refractivity contribution in [3.63, 3.8) is 0 Å². The van der Waals surface area contributed by atoms with Crippen molar-refractivity contribution in [1.29, 1.82) is 0 Å². The van der Waals surface area contributed by atoms with Gasteiger partial charge in [-0.25, -0.2) is 4.98 Å². The van der Waals surface area contributed by atoms with E-state index in [4.69, 9.17) is 5.73 Å². The molecule has 1 aromatic carbocycles. The summed E-state index contributed by atoms with van der Waals surface area (Å²) < 4.78 is 40.6. The summed E-state index contributed by atoms with van der Waals surface area (Å²) in [6, 6.07) is 11.2. The SMILES string of the molecule is NC(Cc1ccccc1)C(=O)Nc1ccc(OCC(F)(F)F)nc1. The summed E-state index contributed by atoms with van der Waals surface area (Å²) in [7, 11) is 0. The van der Waals surface area contributed by atoms with Gasteiger partial charge in [0.15, 0.2) is 6.61 Å². The van der Waals surface area contributed by atoms with Gasteiger partial charge in [0.1, 0.15) is 0 Å². The minimum atomic E-state index is -4.43. The van der Waals surface area contributed by atoms with Gasteiger partial charge in [0.2, 0.25) is 11.8 Å². The molecule has 1 unspecified atom stereocenters. The molecule has 8 heteroatoms. The Hall–Kier alpha value is -2.61. The van der Waals surface area contributed by atoms with E-state index in [-0.39, 0.29) is 5.88 Å². The topological polar surface area (TPSA) is 77.2 Å². The molecule has 0 spiro atoms. The number of nitrogens with one attached hydrogen (secondary N) is 1. The Kier molecular flexibility index (Phi) is 5.75. The predicted octanol–water partition coefficient (Wildman–Crippen LogP) is 2.53. The highest BCUT2D eigenvalue weighted by molar-refractivity contribution is 5.94. The molecule has 5 nitrogen and oxygen atoms in total. The lowest BCUT2D eigenvalue weighted by Gasteiger charge is -2.13. The molecule has 1 aromatic heterocycles. The average molecular weight is 339 g/mol. The van der Waals surface area contributed by atoms with Gasteiger partial charge in [-0.05, 0) is 18.1 Å². The first kappa shape index (κ1) is 17.7. The van der Waals surface area contributed by atoms with E-state index >= 15 is 0 Å². The lowest BCUT2D eigenvalue weighted by atomic mass is 10.1. The summed E-state index contributed by atoms with van der Waals surface area (Å²) in [5, 5.41) is 2.56. The van der Waals surface area contributed by atoms with E-state index in [1.165, 1.54) is 18.3 Å². The smallest absolute Gasteiger partial charge is 0.422 e. The third-order valence-corrected chi connectivity index (χ3v) is 3.02. The minimum Gasteiger partial charge on any atom is -0.468 e. The van der Waals surface area contributed by atoms with Gasteiger partial charge in [-0.1, -0.05) is 30.3 Å². The molecule has 2 aromatic rings. The Balaban J connectivity index is 1.87. The molecule has 0 saturated carbocycles. The van der Waals surface area contributed by atoms with Gasteiger partial charge in [-0.2, -0.15) is 13.2 Å². The zero-order valence-corrected chi connectivity index (χ0v) is 12.6. The van der Waals surface area contributed by atoms with Gasteiger partial charge in [-0.3, -0.25) is 4.79 Å². The van der Waals surface area contributed by atoms with Crippen LogP contribution in [0, 0.1) is 0 Å². The number of hydrogen-bond acceptors (Lipinski definition) is 4. The highest BCUT2D eigenvalue weighted by Crippen LogP contribution is 2.18. The number of alkyl halides is 3. The Bertz CT molecular complexity index is 661. The maximum absolute atomic E-state index is 12.0. The lowest BCUT2D eigenvalue weighted by Crippen LogP contribution is -2.37. The number of aromatic nitrogens is 1. The van der Waals surface area contributed by atoms with E-state index < -0.39 is 24.7 Å². The Labute approximate surface area is 136 Å². The largest absolute Gasteiger partial charge is 0.468 e. The number of nitrogens with zero attached hydrogens (tertiary/aromatic N) is 1. The molecular formula is C16H16F3N3O2. The van der Waals surface area contributed by atoms with Crippen molar-refractivity contribution in [3.05, 3.63) is 54.2 Å². The second kappa shape index (κ2) is 7.78. The number of carbonyl (C=O) groups is 1. The van der Waals surface area contributed by atoms with Crippen LogP contribution < -0.4 is 15.8 Å². The Morgan fingerprint density at radius 3 is 2.50 bits per heavy atom. The molecule has 0 aliphatic heterocycles. The number of anilines is 1. The Morgan fingerprint density at radius 2 is 1.92 bits per heavy atom. The van der Waals surface area contributed by atoms with Gasteiger partial charge < -0.3 is 15.8 Å². The molecule has 0 aliphatic rings. The van der Waals surface area contributed by atoms with Crippen molar-refractivity contribution in [3.8, 4) is 5.88 Å². The first-order chi connectivity index (χ1) is 11.3. The van der Waals surface area contributed by atoms with Gasteiger partial charge in [-0.15, -0.1) is 0 Å². The standard InChI is InChI=1S/C16H16F3N3O2/c17-16(18,19)10-24-14-7-6-12(9-21-14)22-15(23)13(20)8-11-4-2-1-3-5-11/h1-7,9,13H,8,10,20H2,(H,22,23). The second-order valence-electron chi connectivity index (χ2n) is 5.07. The summed E-state index contributed by atoms with van der Waals surface area (Å²) in [6.45, 7) is -1.42. The van der Waals surface area contributed by atoms with Crippen molar-refractivity contribution in [1.82, 2.24) is 4.98 Å². The molecule has 0 bridgehead atoms. The van der Waals surface area contributed by atoms with Crippen LogP contribution in [0.2, 0.25) is 0 Å². The zero-order valence-electron chi connectivity index (χ0n) is 12.6. The number of benzene rings is 1. The predicted molar refractivity (Wildman–Crippen MR) is 82.5 cm³/mol. The van der Waals surface area contributed by atoms with Crippen LogP contribution in [-0.2, 0) is 11.2 Å². The number of rotatable bonds is 6. The van der Waals surface area contributed by atoms with Crippen LogP contribution in [0.25, 0.3) is 0 Å². The van der Waals surface area contributed by atoms with Crippen LogP contribution in [0.15, 0.2) is 48.7 Å². The van der Waals surface area contributed by atoms with E-state index in [1.54, 1.807) is 0 Å². The van der Waals surface area contributed by atoms with Crippen molar-refractivity contribution in [2.75, 3.05) is 11.9 Å². The molecule has 1 atom stereocenters. The molecule has 3 N–H and O–H groups in total. The minimum absolute atomic E-state index is 0.182. The number of carbonyl (C=O) groups excluding carboxylic acids is 1. The van der Waals surface area contributed by atoms with E-state index in [1.807, 2.05) is 30.3 Å². The molecule has 0 fully saturated rings. The number of nitrogens with two attached hydrogens (primary N) is 1. The monoisotopic (exact) mass is 339 g/mol. The summed E-state index contributed by atoms with van der Waals surface area (Å²) in [6.07, 6.45) is -2.86. The van der Waals surface area contributed by atoms with Gasteiger partial charge in [0.25, 0.3) is 0 Å². The second-order valence-corrected chi connectivity index (χ2v) is 5.07. The molecule has 24 heavy (non-hydrogen) atoms. The third-order valence-electron chi connectivity index (χ3n) is 3.02. The van der Waals surface area contributed by atoms with Crippen LogP contribution in [-0.4, -0.2) is 29.7 Å². The van der Waals surface area contributed by atoms with E-state index in [0.717, 1.165) is 5.56 Å². The van der Waals surface area contributed by atoms with Crippen LogP contribution in [0.4, 0.5) is 18.9 Å². The van der Waals surface area contributed by atoms with Crippen molar-refractivity contribution < 1.29 is 22.7 Å². The van der Waals surface area contributed by atoms with E-state index in [0.29, 0.717) is 12.1 Å². The fourth-order valence-corrected chi connectivity index (χ4v) is 1.89. The number of hydrogen-bond donors (Lipinski definition) is 2. The fraction of sp³-hybridized carbons (Fsp3) is 0.250. The number of ether oxygens (including phenoxy) is 1. The summed E-state index contributed by atoms with van der Waals surface area (Å²) in [5.41, 5.74) is 7.09. The van der Waals surface area contributed by atoms with Crippen LogP contribution >= 0.6 is 0 Å². The highest BCUT2D eigenvalue weighted by atomic mass is 19.4. The number of pyridine rings is 1. The van der Waals surface area contributed by atoms with Crippen molar-refractivity contribution >= 4 is 11.6 Å². The van der Waals surface area contributed by atoms with Gasteiger partial charge in [0, 0.05) is 6.07 Å². The molecule has 128 valence electrons. The first-order valence-corrected chi connectivity index (χ1v) is 7.09. The molecule has 0 radical (unpaired) electrons. The maximum Gasteiger partial charge on any atom is 0.422 e. The molecule has 1 amide bonds. The first-order valence-electron chi connectivity index (χ1n) is 7.09. The lowest BCUT2D eigenvalue weighted by molar-refractivity contribution is -0.154. The highest BCUT2D eigenvalue weighted by Gasteiger charge is 2.28. The maximum atomic E-state index is 12.0. The van der Waals surface area contributed by atoms with Gasteiger partial charge in [0.05, 0.1) is 17.9 Å². The quantitative estimate of drug-likeness (QED) is 0.848. The van der Waals surface area contributed by atoms with Crippen molar-refractivity contribution in [2.45, 2.75) is 18.6 Å². The fourth-order valence-electron chi connectivity index (χ4n) is 1.89. The molecular weight excluding hydrogens is 323 g/mol. The van der Waals surface area contributed by atoms with Crippen LogP contribution in [0.1, 0.15) is 5.56 Å². The van der Waals surface area contributed by atoms with Crippen molar-refractivity contribution in [2.24, 2.45) is 5.73 Å².